The SMILES string of the molecule is Cc1cc(=O)oc2cc(OCC(=O)Nc3ccccc3Oc3ccccc3)ccc12. The molecule has 1 aromatic heterocycles. The second-order valence-corrected chi connectivity index (χ2v) is 6.65. The number of hydrogen-bond acceptors (Lipinski definition) is 5. The average Bonchev–Trinajstić information content (AvgIpc) is 2.74. The van der Waals surface area contributed by atoms with Crippen LogP contribution < -0.4 is 20.4 Å². The van der Waals surface area contributed by atoms with Gasteiger partial charge in [-0.2, -0.15) is 0 Å². The molecule has 1 N–H and O–H groups in total. The average molecular weight is 401 g/mol. The summed E-state index contributed by atoms with van der Waals surface area (Å²) in [6, 6.07) is 23.0. The maximum absolute atomic E-state index is 12.4. The minimum absolute atomic E-state index is 0.207. The summed E-state index contributed by atoms with van der Waals surface area (Å²) in [7, 11) is 0. The van der Waals surface area contributed by atoms with Crippen LogP contribution in [0.1, 0.15) is 5.56 Å². The van der Waals surface area contributed by atoms with Crippen molar-refractivity contribution in [2.45, 2.75) is 6.92 Å². The van der Waals surface area contributed by atoms with E-state index in [0.717, 1.165) is 10.9 Å². The zero-order valence-corrected chi connectivity index (χ0v) is 16.3. The van der Waals surface area contributed by atoms with Gasteiger partial charge in [0.05, 0.1) is 5.69 Å². The number of carbonyl (C=O) groups excluding carboxylic acids is 1. The Balaban J connectivity index is 1.43. The Hall–Kier alpha value is -4.06. The molecule has 4 rings (SSSR count). The number of hydrogen-bond donors (Lipinski definition) is 1. The number of para-hydroxylation sites is 3. The van der Waals surface area contributed by atoms with Crippen molar-refractivity contribution in [3.8, 4) is 17.2 Å². The minimum atomic E-state index is -0.426. The fourth-order valence-electron chi connectivity index (χ4n) is 3.00. The van der Waals surface area contributed by atoms with Gasteiger partial charge in [0.15, 0.2) is 12.4 Å². The van der Waals surface area contributed by atoms with Crippen LogP contribution in [0.25, 0.3) is 11.0 Å². The van der Waals surface area contributed by atoms with Crippen LogP contribution in [0, 0.1) is 6.92 Å². The normalized spacial score (nSPS) is 10.6. The maximum atomic E-state index is 12.4. The second-order valence-electron chi connectivity index (χ2n) is 6.65. The number of amides is 1. The number of benzene rings is 3. The van der Waals surface area contributed by atoms with Gasteiger partial charge in [-0.25, -0.2) is 4.79 Å². The fourth-order valence-corrected chi connectivity index (χ4v) is 3.00. The molecule has 1 heterocycles. The van der Waals surface area contributed by atoms with Gasteiger partial charge >= 0.3 is 5.63 Å². The molecule has 0 fully saturated rings. The molecule has 6 nitrogen and oxygen atoms in total. The first-order valence-electron chi connectivity index (χ1n) is 9.37. The molecule has 0 bridgehead atoms. The summed E-state index contributed by atoms with van der Waals surface area (Å²) in [5, 5.41) is 3.61. The van der Waals surface area contributed by atoms with Gasteiger partial charge in [0.2, 0.25) is 0 Å². The van der Waals surface area contributed by atoms with Crippen LogP contribution in [-0.4, -0.2) is 12.5 Å². The van der Waals surface area contributed by atoms with E-state index in [-0.39, 0.29) is 12.5 Å². The molecule has 4 aromatic rings. The molecule has 150 valence electrons. The Labute approximate surface area is 172 Å². The molecule has 0 aliphatic carbocycles. The van der Waals surface area contributed by atoms with Crippen molar-refractivity contribution in [2.75, 3.05) is 11.9 Å². The van der Waals surface area contributed by atoms with Crippen LogP contribution in [0.5, 0.6) is 17.2 Å². The van der Waals surface area contributed by atoms with E-state index in [4.69, 9.17) is 13.9 Å². The Kier molecular flexibility index (Phi) is 5.48. The summed E-state index contributed by atoms with van der Waals surface area (Å²) in [4.78, 5) is 24.0. The molecule has 30 heavy (non-hydrogen) atoms. The van der Waals surface area contributed by atoms with Crippen LogP contribution >= 0.6 is 0 Å². The van der Waals surface area contributed by atoms with Crippen molar-refractivity contribution in [1.82, 2.24) is 0 Å². The van der Waals surface area contributed by atoms with Gasteiger partial charge in [-0.3, -0.25) is 4.79 Å². The molecule has 0 unspecified atom stereocenters. The van der Waals surface area contributed by atoms with Crippen LogP contribution in [0.2, 0.25) is 0 Å². The van der Waals surface area contributed by atoms with Crippen molar-refractivity contribution < 1.29 is 18.7 Å². The van der Waals surface area contributed by atoms with Crippen LogP contribution in [0.4, 0.5) is 5.69 Å². The van der Waals surface area contributed by atoms with E-state index in [2.05, 4.69) is 5.32 Å². The van der Waals surface area contributed by atoms with Gasteiger partial charge in [-0.05, 0) is 48.9 Å². The van der Waals surface area contributed by atoms with Gasteiger partial charge in [-0.1, -0.05) is 30.3 Å². The number of ether oxygens (including phenoxy) is 2. The summed E-state index contributed by atoms with van der Waals surface area (Å²) in [6.45, 7) is 1.63. The lowest BCUT2D eigenvalue weighted by Crippen LogP contribution is -2.20. The van der Waals surface area contributed by atoms with Crippen molar-refractivity contribution >= 4 is 22.6 Å². The van der Waals surface area contributed by atoms with Crippen molar-refractivity contribution in [1.29, 1.82) is 0 Å². The van der Waals surface area contributed by atoms with E-state index in [1.54, 1.807) is 30.3 Å². The summed E-state index contributed by atoms with van der Waals surface area (Å²) in [5.41, 5.74) is 1.35. The maximum Gasteiger partial charge on any atom is 0.336 e. The van der Waals surface area contributed by atoms with Crippen molar-refractivity contribution in [3.63, 3.8) is 0 Å². The first-order valence-corrected chi connectivity index (χ1v) is 9.37. The second kappa shape index (κ2) is 8.53. The Morgan fingerprint density at radius 2 is 1.70 bits per heavy atom. The van der Waals surface area contributed by atoms with Gasteiger partial charge < -0.3 is 19.2 Å². The molecule has 0 atom stereocenters. The molecular formula is C24H19NO5. The highest BCUT2D eigenvalue weighted by Gasteiger charge is 2.10. The Morgan fingerprint density at radius 1 is 0.933 bits per heavy atom. The number of aryl methyl sites for hydroxylation is 1. The summed E-state index contributed by atoms with van der Waals surface area (Å²) in [6.07, 6.45) is 0. The zero-order chi connectivity index (χ0) is 20.9. The number of anilines is 1. The van der Waals surface area contributed by atoms with Crippen molar-refractivity contribution in [2.24, 2.45) is 0 Å². The number of rotatable bonds is 6. The number of carbonyl (C=O) groups is 1. The van der Waals surface area contributed by atoms with Gasteiger partial charge in [0.1, 0.15) is 17.1 Å². The summed E-state index contributed by atoms with van der Waals surface area (Å²) in [5.74, 6) is 1.29. The predicted molar refractivity (Wildman–Crippen MR) is 114 cm³/mol. The van der Waals surface area contributed by atoms with Crippen LogP contribution in [0.15, 0.2) is 88.1 Å². The van der Waals surface area contributed by atoms with E-state index < -0.39 is 5.63 Å². The monoisotopic (exact) mass is 401 g/mol. The Morgan fingerprint density at radius 3 is 2.53 bits per heavy atom. The largest absolute Gasteiger partial charge is 0.484 e. The molecule has 0 saturated heterocycles. The fraction of sp³-hybridized carbons (Fsp3) is 0.0833. The highest BCUT2D eigenvalue weighted by molar-refractivity contribution is 5.93. The van der Waals surface area contributed by atoms with Gasteiger partial charge in [-0.15, -0.1) is 0 Å². The van der Waals surface area contributed by atoms with E-state index in [9.17, 15) is 9.59 Å². The number of fused-ring (bicyclic) bond motifs is 1. The lowest BCUT2D eigenvalue weighted by atomic mass is 10.1. The number of nitrogens with one attached hydrogen (secondary N) is 1. The molecule has 0 spiro atoms. The van der Waals surface area contributed by atoms with E-state index >= 15 is 0 Å². The topological polar surface area (TPSA) is 77.8 Å². The molecule has 0 radical (unpaired) electrons. The molecule has 6 heteroatoms. The highest BCUT2D eigenvalue weighted by atomic mass is 16.5. The first-order chi connectivity index (χ1) is 14.6. The van der Waals surface area contributed by atoms with Gasteiger partial charge in [0, 0.05) is 17.5 Å². The third kappa shape index (κ3) is 4.50. The smallest absolute Gasteiger partial charge is 0.336 e. The first kappa shape index (κ1) is 19.3. The zero-order valence-electron chi connectivity index (χ0n) is 16.3. The minimum Gasteiger partial charge on any atom is -0.484 e. The molecule has 0 saturated carbocycles. The summed E-state index contributed by atoms with van der Waals surface area (Å²) >= 11 is 0. The lowest BCUT2D eigenvalue weighted by molar-refractivity contribution is -0.118. The molecule has 0 aliphatic rings. The Bertz CT molecular complexity index is 1250. The summed E-state index contributed by atoms with van der Waals surface area (Å²) < 4.78 is 16.6. The van der Waals surface area contributed by atoms with Crippen LogP contribution in [-0.2, 0) is 4.79 Å². The molecule has 1 amide bonds. The lowest BCUT2D eigenvalue weighted by Gasteiger charge is -2.13. The third-order valence-electron chi connectivity index (χ3n) is 4.42. The van der Waals surface area contributed by atoms with E-state index in [1.807, 2.05) is 49.4 Å². The molecule has 0 aliphatic heterocycles. The molecular weight excluding hydrogens is 382 g/mol. The van der Waals surface area contributed by atoms with E-state index in [1.165, 1.54) is 6.07 Å². The third-order valence-corrected chi connectivity index (χ3v) is 4.42. The highest BCUT2D eigenvalue weighted by Crippen LogP contribution is 2.29. The van der Waals surface area contributed by atoms with Crippen molar-refractivity contribution in [3.05, 3.63) is 94.8 Å². The quantitative estimate of drug-likeness (QED) is 0.465. The standard InChI is InChI=1S/C24H19NO5/c1-16-13-24(27)30-22-14-18(11-12-19(16)22)28-15-23(26)25-20-9-5-6-10-21(20)29-17-7-3-2-4-8-17/h2-14H,15H2,1H3,(H,25,26). The van der Waals surface area contributed by atoms with Gasteiger partial charge in [0.25, 0.3) is 5.91 Å². The van der Waals surface area contributed by atoms with Crippen LogP contribution in [0.3, 0.4) is 0 Å². The predicted octanol–water partition coefficient (Wildman–Crippen LogP) is 4.91. The van der Waals surface area contributed by atoms with E-state index in [0.29, 0.717) is 28.5 Å². The molecule has 3 aromatic carbocycles.